The van der Waals surface area contributed by atoms with Gasteiger partial charge in [-0.1, -0.05) is 24.3 Å². The fraction of sp³-hybridized carbons (Fsp3) is 0.0435. The average Bonchev–Trinajstić information content (AvgIpc) is 3.18. The third-order valence-electron chi connectivity index (χ3n) is 4.57. The lowest BCUT2D eigenvalue weighted by Crippen LogP contribution is -1.95. The summed E-state index contributed by atoms with van der Waals surface area (Å²) in [5.74, 6) is 2.10. The number of hydrogen-bond acceptors (Lipinski definition) is 5. The molecule has 5 aromatic rings. The summed E-state index contributed by atoms with van der Waals surface area (Å²) in [4.78, 5) is 20.8. The summed E-state index contributed by atoms with van der Waals surface area (Å²) in [7, 11) is 0. The first-order chi connectivity index (χ1) is 14.3. The molecule has 0 atom stereocenters. The highest BCUT2D eigenvalue weighted by Gasteiger charge is 2.10. The molecular weight excluding hydrogens is 362 g/mol. The Hall–Kier alpha value is -4.06. The van der Waals surface area contributed by atoms with Crippen molar-refractivity contribution in [1.29, 1.82) is 0 Å². The Morgan fingerprint density at radius 2 is 1.59 bits per heavy atom. The smallest absolute Gasteiger partial charge is 0.246 e. The topological polar surface area (TPSA) is 76.6 Å². The van der Waals surface area contributed by atoms with Gasteiger partial charge in [-0.2, -0.15) is 0 Å². The van der Waals surface area contributed by atoms with Crippen LogP contribution in [0.5, 0.6) is 11.6 Å². The fourth-order valence-corrected chi connectivity index (χ4v) is 3.18. The Morgan fingerprint density at radius 3 is 2.41 bits per heavy atom. The first-order valence-electron chi connectivity index (χ1n) is 9.27. The Kier molecular flexibility index (Phi) is 4.42. The number of para-hydroxylation sites is 2. The molecule has 0 radical (unpaired) electrons. The van der Waals surface area contributed by atoms with E-state index in [9.17, 15) is 0 Å². The van der Waals surface area contributed by atoms with Crippen LogP contribution in [-0.2, 0) is 6.42 Å². The zero-order valence-corrected chi connectivity index (χ0v) is 15.5. The lowest BCUT2D eigenvalue weighted by atomic mass is 10.1. The number of benzene rings is 2. The normalized spacial score (nSPS) is 10.9. The van der Waals surface area contributed by atoms with Crippen LogP contribution >= 0.6 is 0 Å². The summed E-state index contributed by atoms with van der Waals surface area (Å²) in [5, 5.41) is 0. The van der Waals surface area contributed by atoms with Crippen LogP contribution < -0.4 is 4.74 Å². The molecule has 0 fully saturated rings. The molecule has 2 aromatic carbocycles. The van der Waals surface area contributed by atoms with Crippen LogP contribution in [0.3, 0.4) is 0 Å². The van der Waals surface area contributed by atoms with E-state index in [-0.39, 0.29) is 0 Å². The lowest BCUT2D eigenvalue weighted by Gasteiger charge is -2.09. The molecule has 1 N–H and O–H groups in total. The molecule has 0 bridgehead atoms. The minimum Gasteiger partial charge on any atom is -0.437 e. The maximum Gasteiger partial charge on any atom is 0.246 e. The maximum absolute atomic E-state index is 6.00. The summed E-state index contributed by atoms with van der Waals surface area (Å²) >= 11 is 0. The number of pyridine rings is 1. The molecule has 0 saturated heterocycles. The number of hydrogen-bond donors (Lipinski definition) is 1. The molecule has 0 saturated carbocycles. The molecule has 0 aliphatic rings. The molecule has 0 spiro atoms. The molecule has 0 aliphatic heterocycles. The van der Waals surface area contributed by atoms with E-state index in [2.05, 4.69) is 24.9 Å². The van der Waals surface area contributed by atoms with Crippen molar-refractivity contribution in [2.45, 2.75) is 6.42 Å². The van der Waals surface area contributed by atoms with Gasteiger partial charge in [-0.15, -0.1) is 0 Å². The molecule has 140 valence electrons. The molecule has 5 rings (SSSR count). The van der Waals surface area contributed by atoms with Crippen LogP contribution in [0.1, 0.15) is 11.4 Å². The van der Waals surface area contributed by atoms with Crippen LogP contribution in [0.4, 0.5) is 0 Å². The largest absolute Gasteiger partial charge is 0.437 e. The van der Waals surface area contributed by atoms with E-state index in [1.54, 1.807) is 24.8 Å². The minimum atomic E-state index is 0.462. The number of rotatable bonds is 5. The number of H-pyrrole nitrogens is 1. The van der Waals surface area contributed by atoms with E-state index in [4.69, 9.17) is 4.74 Å². The van der Waals surface area contributed by atoms with Gasteiger partial charge in [0.1, 0.15) is 17.3 Å². The Balaban J connectivity index is 1.35. The molecule has 0 aliphatic carbocycles. The third kappa shape index (κ3) is 3.68. The predicted molar refractivity (Wildman–Crippen MR) is 111 cm³/mol. The van der Waals surface area contributed by atoms with Crippen LogP contribution in [0.2, 0.25) is 0 Å². The Labute approximate surface area is 167 Å². The van der Waals surface area contributed by atoms with Crippen LogP contribution in [-0.4, -0.2) is 24.9 Å². The molecule has 29 heavy (non-hydrogen) atoms. The zero-order chi connectivity index (χ0) is 19.5. The SMILES string of the molecule is c1ccc2[nH]c(Cc3ccc(Oc4nccnc4-c4ccncc4)cc3)nc2c1. The molecule has 6 heteroatoms. The van der Waals surface area contributed by atoms with Crippen molar-refractivity contribution >= 4 is 11.0 Å². The van der Waals surface area contributed by atoms with Crippen molar-refractivity contribution in [1.82, 2.24) is 24.9 Å². The van der Waals surface area contributed by atoms with Crippen LogP contribution in [0.15, 0.2) is 85.5 Å². The highest BCUT2D eigenvalue weighted by atomic mass is 16.5. The van der Waals surface area contributed by atoms with Gasteiger partial charge in [0.25, 0.3) is 0 Å². The molecule has 3 heterocycles. The number of fused-ring (bicyclic) bond motifs is 1. The summed E-state index contributed by atoms with van der Waals surface area (Å²) in [6.07, 6.45) is 7.44. The Morgan fingerprint density at radius 1 is 0.793 bits per heavy atom. The van der Waals surface area contributed by atoms with E-state index in [1.807, 2.05) is 60.7 Å². The van der Waals surface area contributed by atoms with E-state index in [1.165, 1.54) is 0 Å². The second-order valence-corrected chi connectivity index (χ2v) is 6.57. The summed E-state index contributed by atoms with van der Waals surface area (Å²) in [6, 6.07) is 19.7. The van der Waals surface area contributed by atoms with E-state index in [0.717, 1.165) is 34.4 Å². The molecular formula is C23H17N5O. The second kappa shape index (κ2) is 7.52. The zero-order valence-electron chi connectivity index (χ0n) is 15.5. The molecule has 0 amide bonds. The molecule has 3 aromatic heterocycles. The predicted octanol–water partition coefficient (Wildman–Crippen LogP) is 4.80. The molecule has 0 unspecified atom stereocenters. The monoisotopic (exact) mass is 379 g/mol. The maximum atomic E-state index is 6.00. The average molecular weight is 379 g/mol. The number of aromatic amines is 1. The lowest BCUT2D eigenvalue weighted by molar-refractivity contribution is 0.462. The van der Waals surface area contributed by atoms with Gasteiger partial charge in [0, 0.05) is 36.8 Å². The van der Waals surface area contributed by atoms with Crippen molar-refractivity contribution in [2.75, 3.05) is 0 Å². The first-order valence-corrected chi connectivity index (χ1v) is 9.27. The highest BCUT2D eigenvalue weighted by molar-refractivity contribution is 5.74. The van der Waals surface area contributed by atoms with Crippen LogP contribution in [0.25, 0.3) is 22.3 Å². The molecule has 6 nitrogen and oxygen atoms in total. The summed E-state index contributed by atoms with van der Waals surface area (Å²) < 4.78 is 6.00. The second-order valence-electron chi connectivity index (χ2n) is 6.57. The van der Waals surface area contributed by atoms with Gasteiger partial charge in [-0.25, -0.2) is 15.0 Å². The van der Waals surface area contributed by atoms with Gasteiger partial charge in [-0.3, -0.25) is 4.98 Å². The number of imidazole rings is 1. The summed E-state index contributed by atoms with van der Waals surface area (Å²) in [5.41, 5.74) is 4.76. The third-order valence-corrected chi connectivity index (χ3v) is 4.57. The van der Waals surface area contributed by atoms with E-state index < -0.39 is 0 Å². The highest BCUT2D eigenvalue weighted by Crippen LogP contribution is 2.29. The fourth-order valence-electron chi connectivity index (χ4n) is 3.18. The van der Waals surface area contributed by atoms with Crippen molar-refractivity contribution in [3.63, 3.8) is 0 Å². The van der Waals surface area contributed by atoms with Gasteiger partial charge >= 0.3 is 0 Å². The van der Waals surface area contributed by atoms with Gasteiger partial charge < -0.3 is 9.72 Å². The van der Waals surface area contributed by atoms with Crippen molar-refractivity contribution < 1.29 is 4.74 Å². The van der Waals surface area contributed by atoms with Gasteiger partial charge in [0.15, 0.2) is 0 Å². The number of ether oxygens (including phenoxy) is 1. The Bertz CT molecular complexity index is 1220. The van der Waals surface area contributed by atoms with Gasteiger partial charge in [0.05, 0.1) is 11.0 Å². The first kappa shape index (κ1) is 17.1. The van der Waals surface area contributed by atoms with E-state index in [0.29, 0.717) is 17.3 Å². The van der Waals surface area contributed by atoms with Crippen molar-refractivity contribution in [3.05, 3.63) is 96.8 Å². The van der Waals surface area contributed by atoms with E-state index >= 15 is 0 Å². The van der Waals surface area contributed by atoms with Gasteiger partial charge in [0.2, 0.25) is 5.88 Å². The standard InChI is InChI=1S/C23H17N5O/c1-2-4-20-19(3-1)27-21(28-20)15-16-5-7-18(8-6-16)29-23-22(25-13-14-26-23)17-9-11-24-12-10-17/h1-14H,15H2,(H,27,28). The quantitative estimate of drug-likeness (QED) is 0.475. The number of nitrogens with zero attached hydrogens (tertiary/aromatic N) is 4. The van der Waals surface area contributed by atoms with Crippen LogP contribution in [0, 0.1) is 0 Å². The van der Waals surface area contributed by atoms with Gasteiger partial charge in [-0.05, 0) is 42.0 Å². The van der Waals surface area contributed by atoms with Crippen molar-refractivity contribution in [2.24, 2.45) is 0 Å². The summed E-state index contributed by atoms with van der Waals surface area (Å²) in [6.45, 7) is 0. The number of nitrogens with one attached hydrogen (secondary N) is 1. The number of aromatic nitrogens is 5. The minimum absolute atomic E-state index is 0.462. The van der Waals surface area contributed by atoms with Crippen molar-refractivity contribution in [3.8, 4) is 22.9 Å².